The van der Waals surface area contributed by atoms with E-state index in [0.29, 0.717) is 17.3 Å². The summed E-state index contributed by atoms with van der Waals surface area (Å²) < 4.78 is 166. The second-order valence-corrected chi connectivity index (χ2v) is 11.0. The van der Waals surface area contributed by atoms with Gasteiger partial charge in [-0.15, -0.1) is 0 Å². The van der Waals surface area contributed by atoms with Gasteiger partial charge in [0.25, 0.3) is 0 Å². The molecule has 0 bridgehead atoms. The molecule has 1 unspecified atom stereocenters. The molecule has 0 amide bonds. The first-order chi connectivity index (χ1) is 20.5. The van der Waals surface area contributed by atoms with Gasteiger partial charge in [-0.2, -0.15) is 21.9 Å². The fourth-order valence-electron chi connectivity index (χ4n) is 3.70. The smallest absolute Gasteiger partial charge is 0.343 e. The van der Waals surface area contributed by atoms with Crippen molar-refractivity contribution >= 4 is 22.0 Å². The number of nitrogens with zero attached hydrogens (tertiary/aromatic N) is 1. The number of esters is 2. The second-order valence-electron chi connectivity index (χ2n) is 9.15. The maximum absolute atomic E-state index is 14.3. The largest absolute Gasteiger partial charge is 0.419 e. The molecule has 1 fully saturated rings. The van der Waals surface area contributed by atoms with Crippen molar-refractivity contribution in [1.82, 2.24) is 4.31 Å². The minimum Gasteiger partial charge on any atom is -0.419 e. The lowest BCUT2D eigenvalue weighted by Gasteiger charge is -2.26. The number of carbonyl (C=O) groups excluding carboxylic acids is 2. The molecule has 1 saturated heterocycles. The van der Waals surface area contributed by atoms with Gasteiger partial charge >= 0.3 is 11.9 Å². The quantitative estimate of drug-likeness (QED) is 0.0810. The molecule has 0 aromatic heterocycles. The number of halogens is 9. The van der Waals surface area contributed by atoms with Crippen LogP contribution in [-0.4, -0.2) is 50.0 Å². The van der Waals surface area contributed by atoms with E-state index in [9.17, 15) is 57.5 Å². The van der Waals surface area contributed by atoms with Crippen molar-refractivity contribution in [3.05, 3.63) is 87.7 Å². The van der Waals surface area contributed by atoms with E-state index in [1.165, 1.54) is 0 Å². The van der Waals surface area contributed by atoms with Gasteiger partial charge in [-0.05, 0) is 32.0 Å². The van der Waals surface area contributed by atoms with Crippen molar-refractivity contribution in [3.63, 3.8) is 0 Å². The highest BCUT2D eigenvalue weighted by molar-refractivity contribution is 7.89. The van der Waals surface area contributed by atoms with E-state index in [1.807, 2.05) is 0 Å². The number of ether oxygens (including phenoxy) is 3. The van der Waals surface area contributed by atoms with Crippen LogP contribution in [-0.2, 0) is 19.6 Å². The standard InChI is InChI=1S/C26H16F9NO7S/c1-9-14(27)19(32)23(20(33)15(9)28)42-25(37)10(2)36(7-12-8-41-12)44(39,40)13-5-3-4-11(6-13)26(38)43-24-21(34)17(30)16(29)18(31)22(24)35/h3-6,10,12H,7-8H2,1-2H3/t10-,12?/m0/s1. The molecule has 44 heavy (non-hydrogen) atoms. The number of benzene rings is 3. The van der Waals surface area contributed by atoms with Gasteiger partial charge in [0.05, 0.1) is 23.2 Å². The average molecular weight is 657 g/mol. The van der Waals surface area contributed by atoms with Gasteiger partial charge in [-0.1, -0.05) is 6.07 Å². The van der Waals surface area contributed by atoms with Crippen LogP contribution in [0.5, 0.6) is 11.5 Å². The van der Waals surface area contributed by atoms with Gasteiger partial charge in [0.2, 0.25) is 62.2 Å². The van der Waals surface area contributed by atoms with Crippen molar-refractivity contribution in [2.24, 2.45) is 0 Å². The lowest BCUT2D eigenvalue weighted by atomic mass is 10.2. The molecule has 0 spiro atoms. The Morgan fingerprint density at radius 1 is 0.841 bits per heavy atom. The summed E-state index contributed by atoms with van der Waals surface area (Å²) in [5, 5.41) is 0. The van der Waals surface area contributed by atoms with E-state index in [2.05, 4.69) is 9.47 Å². The number of hydrogen-bond acceptors (Lipinski definition) is 7. The predicted octanol–water partition coefficient (Wildman–Crippen LogP) is 4.85. The van der Waals surface area contributed by atoms with E-state index in [-0.39, 0.29) is 6.61 Å². The third-order valence-corrected chi connectivity index (χ3v) is 8.18. The summed E-state index contributed by atoms with van der Waals surface area (Å²) in [6.45, 7) is 1.03. The second kappa shape index (κ2) is 12.1. The van der Waals surface area contributed by atoms with Crippen molar-refractivity contribution in [3.8, 4) is 11.5 Å². The SMILES string of the molecule is Cc1c(F)c(F)c(OC(=O)[C@H](C)N(CC2CO2)S(=O)(=O)c2cccc(C(=O)Oc3c(F)c(F)c(F)c(F)c3F)c2)c(F)c1F. The highest BCUT2D eigenvalue weighted by Crippen LogP contribution is 2.32. The number of epoxide rings is 1. The summed E-state index contributed by atoms with van der Waals surface area (Å²) in [5.41, 5.74) is -1.83. The monoisotopic (exact) mass is 657 g/mol. The molecule has 0 radical (unpaired) electrons. The van der Waals surface area contributed by atoms with Crippen LogP contribution in [0.4, 0.5) is 39.5 Å². The third-order valence-electron chi connectivity index (χ3n) is 6.24. The fraction of sp³-hybridized carbons (Fsp3) is 0.231. The van der Waals surface area contributed by atoms with Gasteiger partial charge < -0.3 is 14.2 Å². The van der Waals surface area contributed by atoms with Gasteiger partial charge in [-0.25, -0.2) is 40.0 Å². The predicted molar refractivity (Wildman–Crippen MR) is 127 cm³/mol. The molecule has 18 heteroatoms. The molecule has 0 saturated carbocycles. The van der Waals surface area contributed by atoms with E-state index in [1.54, 1.807) is 0 Å². The molecule has 1 heterocycles. The molecule has 1 aliphatic rings. The Balaban J connectivity index is 1.65. The zero-order valence-corrected chi connectivity index (χ0v) is 22.8. The van der Waals surface area contributed by atoms with Gasteiger partial charge in [-0.3, -0.25) is 0 Å². The van der Waals surface area contributed by atoms with Crippen molar-refractivity contribution < 1.29 is 71.7 Å². The molecule has 1 aliphatic heterocycles. The Hall–Kier alpha value is -4.16. The van der Waals surface area contributed by atoms with Crippen LogP contribution >= 0.6 is 0 Å². The highest BCUT2D eigenvalue weighted by atomic mass is 32.2. The molecule has 3 aromatic carbocycles. The molecule has 8 nitrogen and oxygen atoms in total. The normalized spacial score (nSPS) is 15.3. The van der Waals surface area contributed by atoms with Gasteiger partial charge in [0, 0.05) is 12.1 Å². The zero-order chi connectivity index (χ0) is 32.8. The molecule has 0 aliphatic carbocycles. The highest BCUT2D eigenvalue weighted by Gasteiger charge is 2.40. The number of hydrogen-bond donors (Lipinski definition) is 0. The Labute approximate surface area is 241 Å². The van der Waals surface area contributed by atoms with E-state index in [0.717, 1.165) is 25.1 Å². The molecule has 4 rings (SSSR count). The molecule has 3 aromatic rings. The van der Waals surface area contributed by atoms with Crippen LogP contribution in [0.15, 0.2) is 29.2 Å². The van der Waals surface area contributed by atoms with Crippen molar-refractivity contribution in [2.45, 2.75) is 30.9 Å². The first-order valence-corrected chi connectivity index (χ1v) is 13.4. The maximum atomic E-state index is 14.3. The van der Waals surface area contributed by atoms with Crippen LogP contribution in [0.3, 0.4) is 0 Å². The van der Waals surface area contributed by atoms with Crippen molar-refractivity contribution in [2.75, 3.05) is 13.2 Å². The van der Waals surface area contributed by atoms with Gasteiger partial charge in [0.15, 0.2) is 11.6 Å². The Morgan fingerprint density at radius 2 is 1.32 bits per heavy atom. The third kappa shape index (κ3) is 5.96. The lowest BCUT2D eigenvalue weighted by Crippen LogP contribution is -2.46. The Kier molecular flexibility index (Phi) is 8.99. The van der Waals surface area contributed by atoms with Crippen LogP contribution in [0.2, 0.25) is 0 Å². The Bertz CT molecular complexity index is 1740. The minimum absolute atomic E-state index is 0.0136. The molecule has 236 valence electrons. The lowest BCUT2D eigenvalue weighted by molar-refractivity contribution is -0.138. The molecule has 0 N–H and O–H groups in total. The topological polar surface area (TPSA) is 103 Å². The van der Waals surface area contributed by atoms with Crippen molar-refractivity contribution in [1.29, 1.82) is 0 Å². The number of carbonyl (C=O) groups is 2. The van der Waals surface area contributed by atoms with E-state index >= 15 is 0 Å². The molecular weight excluding hydrogens is 641 g/mol. The van der Waals surface area contributed by atoms with Crippen LogP contribution in [0.1, 0.15) is 22.8 Å². The fourth-order valence-corrected chi connectivity index (χ4v) is 5.36. The van der Waals surface area contributed by atoms with Crippen LogP contribution < -0.4 is 9.47 Å². The summed E-state index contributed by atoms with van der Waals surface area (Å²) in [5.74, 6) is -27.4. The summed E-state index contributed by atoms with van der Waals surface area (Å²) in [6.07, 6.45) is -0.787. The summed E-state index contributed by atoms with van der Waals surface area (Å²) in [7, 11) is -4.91. The Morgan fingerprint density at radius 3 is 1.84 bits per heavy atom. The number of rotatable bonds is 9. The maximum Gasteiger partial charge on any atom is 0.343 e. The summed E-state index contributed by atoms with van der Waals surface area (Å²) >= 11 is 0. The number of sulfonamides is 1. The summed E-state index contributed by atoms with van der Waals surface area (Å²) in [6, 6.07) is 1.24. The molecule has 2 atom stereocenters. The minimum atomic E-state index is -4.91. The average Bonchev–Trinajstić information content (AvgIpc) is 3.84. The first-order valence-electron chi connectivity index (χ1n) is 12.0. The van der Waals surface area contributed by atoms with Crippen LogP contribution in [0, 0.1) is 59.3 Å². The first kappa shape index (κ1) is 32.7. The van der Waals surface area contributed by atoms with Crippen LogP contribution in [0.25, 0.3) is 0 Å². The van der Waals surface area contributed by atoms with Gasteiger partial charge in [0.1, 0.15) is 6.04 Å². The molecular formula is C26H16F9NO7S. The van der Waals surface area contributed by atoms with E-state index in [4.69, 9.17) is 4.74 Å². The zero-order valence-electron chi connectivity index (χ0n) is 22.0. The van der Waals surface area contributed by atoms with E-state index < -0.39 is 121 Å². The summed E-state index contributed by atoms with van der Waals surface area (Å²) in [4.78, 5) is 24.5.